The SMILES string of the molecule is O=C1C[C@@]2(CCc3[nH]c4ncc(F)c(C5CCN(C(=O)c6ccc(OC(F)(F)F)cc6)CC5)c4c3C2)CN1. The zero-order chi connectivity index (χ0) is 26.7. The molecule has 0 unspecified atom stereocenters. The van der Waals surface area contributed by atoms with E-state index >= 15 is 4.39 Å². The third-order valence-electron chi connectivity index (χ3n) is 8.18. The van der Waals surface area contributed by atoms with Crippen LogP contribution >= 0.6 is 0 Å². The van der Waals surface area contributed by atoms with Crippen LogP contribution in [0.25, 0.3) is 11.0 Å². The number of carbonyl (C=O) groups is 2. The molecule has 1 aromatic carbocycles. The Hall–Kier alpha value is -3.63. The number of benzene rings is 1. The van der Waals surface area contributed by atoms with E-state index in [0.717, 1.165) is 41.6 Å². The van der Waals surface area contributed by atoms with Gasteiger partial charge in [-0.25, -0.2) is 9.37 Å². The largest absolute Gasteiger partial charge is 0.573 e. The molecule has 200 valence electrons. The molecule has 2 amide bonds. The van der Waals surface area contributed by atoms with Gasteiger partial charge in [0, 0.05) is 53.7 Å². The van der Waals surface area contributed by atoms with Crippen LogP contribution in [0.15, 0.2) is 30.5 Å². The van der Waals surface area contributed by atoms with Gasteiger partial charge >= 0.3 is 6.36 Å². The molecule has 3 aliphatic rings. The van der Waals surface area contributed by atoms with Gasteiger partial charge in [-0.3, -0.25) is 9.59 Å². The average molecular weight is 531 g/mol. The quantitative estimate of drug-likeness (QED) is 0.484. The van der Waals surface area contributed by atoms with Gasteiger partial charge in [0.25, 0.3) is 5.91 Å². The number of rotatable bonds is 3. The Kier molecular flexibility index (Phi) is 5.84. The molecule has 2 fully saturated rings. The lowest BCUT2D eigenvalue weighted by atomic mass is 9.71. The number of alkyl halides is 3. The predicted octanol–water partition coefficient (Wildman–Crippen LogP) is 4.62. The number of hydrogen-bond donors (Lipinski definition) is 2. The van der Waals surface area contributed by atoms with Crippen molar-refractivity contribution < 1.29 is 31.9 Å². The Morgan fingerprint density at radius 1 is 1.13 bits per heavy atom. The molecule has 2 N–H and O–H groups in total. The Balaban J connectivity index is 1.21. The van der Waals surface area contributed by atoms with Gasteiger partial charge in [0.1, 0.15) is 17.2 Å². The normalized spacial score (nSPS) is 22.1. The first-order chi connectivity index (χ1) is 18.1. The van der Waals surface area contributed by atoms with Crippen LogP contribution in [-0.2, 0) is 17.6 Å². The number of fused-ring (bicyclic) bond motifs is 3. The van der Waals surface area contributed by atoms with E-state index in [4.69, 9.17) is 0 Å². The zero-order valence-corrected chi connectivity index (χ0v) is 20.5. The summed E-state index contributed by atoms with van der Waals surface area (Å²) in [5, 5.41) is 3.76. The second kappa shape index (κ2) is 8.99. The maximum atomic E-state index is 15.3. The fourth-order valence-electron chi connectivity index (χ4n) is 6.34. The molecule has 2 saturated heterocycles. The highest BCUT2D eigenvalue weighted by Crippen LogP contribution is 2.45. The van der Waals surface area contributed by atoms with Crippen LogP contribution in [0.2, 0.25) is 0 Å². The van der Waals surface area contributed by atoms with Crippen LogP contribution in [0.1, 0.15) is 58.8 Å². The summed E-state index contributed by atoms with van der Waals surface area (Å²) in [5.41, 5.74) is 3.47. The van der Waals surface area contributed by atoms with Gasteiger partial charge in [0.15, 0.2) is 0 Å². The number of pyridine rings is 1. The number of carbonyl (C=O) groups excluding carboxylic acids is 2. The molecule has 0 bridgehead atoms. The number of piperidine rings is 1. The van der Waals surface area contributed by atoms with Crippen LogP contribution < -0.4 is 10.1 Å². The van der Waals surface area contributed by atoms with E-state index in [1.807, 2.05) is 0 Å². The van der Waals surface area contributed by atoms with E-state index in [9.17, 15) is 22.8 Å². The molecule has 38 heavy (non-hydrogen) atoms. The summed E-state index contributed by atoms with van der Waals surface area (Å²) in [6.45, 7) is 1.41. The third-order valence-corrected chi connectivity index (χ3v) is 8.18. The molecule has 4 heterocycles. The first-order valence-electron chi connectivity index (χ1n) is 12.7. The molecule has 2 aromatic heterocycles. The molecule has 7 nitrogen and oxygen atoms in total. The van der Waals surface area contributed by atoms with E-state index in [1.54, 1.807) is 4.90 Å². The maximum Gasteiger partial charge on any atom is 0.573 e. The van der Waals surface area contributed by atoms with Gasteiger partial charge in [-0.15, -0.1) is 13.2 Å². The summed E-state index contributed by atoms with van der Waals surface area (Å²) < 4.78 is 56.5. The standard InChI is InChI=1S/C27H26F4N4O3/c28-19-13-32-24-23(18-11-26(8-5-20(18)34-24)12-21(36)33-14-26)22(19)15-6-9-35(10-7-15)25(37)16-1-3-17(4-2-16)38-27(29,30)31/h1-4,13,15H,5-12,14H2,(H,32,34)(H,33,36)/t26-/m0/s1. The molecular weight excluding hydrogens is 504 g/mol. The molecule has 3 aromatic rings. The van der Waals surface area contributed by atoms with Crippen molar-refractivity contribution in [2.75, 3.05) is 19.6 Å². The fourth-order valence-corrected chi connectivity index (χ4v) is 6.34. The van der Waals surface area contributed by atoms with Gasteiger partial charge in [-0.1, -0.05) is 0 Å². The maximum absolute atomic E-state index is 15.3. The van der Waals surface area contributed by atoms with Crippen LogP contribution in [0.4, 0.5) is 17.6 Å². The van der Waals surface area contributed by atoms with Crippen molar-refractivity contribution >= 4 is 22.8 Å². The number of nitrogens with zero attached hydrogens (tertiary/aromatic N) is 2. The molecule has 1 spiro atoms. The molecular formula is C27H26F4N4O3. The Labute approximate surface area is 215 Å². The Morgan fingerprint density at radius 2 is 1.87 bits per heavy atom. The highest BCUT2D eigenvalue weighted by Gasteiger charge is 2.43. The second-order valence-electron chi connectivity index (χ2n) is 10.6. The van der Waals surface area contributed by atoms with Crippen molar-refractivity contribution in [3.63, 3.8) is 0 Å². The van der Waals surface area contributed by atoms with Gasteiger partial charge in [-0.2, -0.15) is 0 Å². The van der Waals surface area contributed by atoms with Gasteiger partial charge in [0.05, 0.1) is 6.20 Å². The number of ether oxygens (including phenoxy) is 1. The van der Waals surface area contributed by atoms with Crippen LogP contribution in [0, 0.1) is 11.2 Å². The predicted molar refractivity (Wildman–Crippen MR) is 129 cm³/mol. The number of aromatic amines is 1. The summed E-state index contributed by atoms with van der Waals surface area (Å²) in [4.78, 5) is 34.3. The van der Waals surface area contributed by atoms with Crippen LogP contribution in [-0.4, -0.2) is 52.7 Å². The average Bonchev–Trinajstić information content (AvgIpc) is 3.43. The van der Waals surface area contributed by atoms with Gasteiger partial charge in [-0.05, 0) is 67.9 Å². The molecule has 1 atom stereocenters. The summed E-state index contributed by atoms with van der Waals surface area (Å²) in [6, 6.07) is 4.86. The van der Waals surface area contributed by atoms with E-state index < -0.39 is 6.36 Å². The fraction of sp³-hybridized carbons (Fsp3) is 0.444. The summed E-state index contributed by atoms with van der Waals surface area (Å²) in [7, 11) is 0. The molecule has 1 aliphatic carbocycles. The van der Waals surface area contributed by atoms with Crippen molar-refractivity contribution in [3.8, 4) is 5.75 Å². The van der Waals surface area contributed by atoms with E-state index in [0.29, 0.717) is 56.5 Å². The minimum Gasteiger partial charge on any atom is -0.406 e. The van der Waals surface area contributed by atoms with E-state index in [1.165, 1.54) is 18.3 Å². The van der Waals surface area contributed by atoms with Crippen molar-refractivity contribution in [1.82, 2.24) is 20.2 Å². The van der Waals surface area contributed by atoms with Gasteiger partial charge < -0.3 is 19.9 Å². The first kappa shape index (κ1) is 24.7. The summed E-state index contributed by atoms with van der Waals surface area (Å²) >= 11 is 0. The minimum absolute atomic E-state index is 0.0531. The number of hydrogen-bond acceptors (Lipinski definition) is 4. The Bertz CT molecular complexity index is 1410. The number of amides is 2. The van der Waals surface area contributed by atoms with Gasteiger partial charge in [0.2, 0.25) is 5.91 Å². The number of aromatic nitrogens is 2. The highest BCUT2D eigenvalue weighted by atomic mass is 19.4. The molecule has 0 saturated carbocycles. The number of likely N-dealkylation sites (tertiary alicyclic amines) is 1. The molecule has 6 rings (SSSR count). The summed E-state index contributed by atoms with van der Waals surface area (Å²) in [6.07, 6.45) is 0.356. The lowest BCUT2D eigenvalue weighted by Gasteiger charge is -2.34. The van der Waals surface area contributed by atoms with Crippen molar-refractivity contribution in [1.29, 1.82) is 0 Å². The minimum atomic E-state index is -4.80. The first-order valence-corrected chi connectivity index (χ1v) is 12.7. The zero-order valence-electron chi connectivity index (χ0n) is 20.5. The highest BCUT2D eigenvalue weighted by molar-refractivity contribution is 5.94. The molecule has 0 radical (unpaired) electrons. The van der Waals surface area contributed by atoms with Crippen LogP contribution in [0.3, 0.4) is 0 Å². The third kappa shape index (κ3) is 4.48. The summed E-state index contributed by atoms with van der Waals surface area (Å²) in [5.74, 6) is -1.11. The van der Waals surface area contributed by atoms with E-state index in [2.05, 4.69) is 20.0 Å². The Morgan fingerprint density at radius 3 is 2.53 bits per heavy atom. The topological polar surface area (TPSA) is 87.3 Å². The van der Waals surface area contributed by atoms with Crippen molar-refractivity contribution in [3.05, 3.63) is 58.7 Å². The van der Waals surface area contributed by atoms with Crippen molar-refractivity contribution in [2.24, 2.45) is 5.41 Å². The van der Waals surface area contributed by atoms with E-state index in [-0.39, 0.29) is 40.3 Å². The number of aryl methyl sites for hydroxylation is 1. The monoisotopic (exact) mass is 530 g/mol. The molecule has 11 heteroatoms. The number of nitrogens with one attached hydrogen (secondary N) is 2. The number of H-pyrrole nitrogens is 1. The second-order valence-corrected chi connectivity index (χ2v) is 10.6. The molecule has 2 aliphatic heterocycles. The van der Waals surface area contributed by atoms with Crippen LogP contribution in [0.5, 0.6) is 5.75 Å². The van der Waals surface area contributed by atoms with Crippen molar-refractivity contribution in [2.45, 2.75) is 50.8 Å². The smallest absolute Gasteiger partial charge is 0.406 e. The lowest BCUT2D eigenvalue weighted by Crippen LogP contribution is -2.38. The lowest BCUT2D eigenvalue weighted by molar-refractivity contribution is -0.274. The number of halogens is 4.